The molecule has 0 N–H and O–H groups in total. The maximum absolute atomic E-state index is 11.9. The number of hydrogen-bond donors (Lipinski definition) is 0. The Morgan fingerprint density at radius 1 is 1.10 bits per heavy atom. The Bertz CT molecular complexity index is 117. The van der Waals surface area contributed by atoms with E-state index >= 15 is 0 Å². The number of halogens is 3. The third-order valence-corrected chi connectivity index (χ3v) is 1.30. The maximum atomic E-state index is 11.9. The number of alkyl halides is 3. The van der Waals surface area contributed by atoms with Gasteiger partial charge < -0.3 is 0 Å². The van der Waals surface area contributed by atoms with Crippen molar-refractivity contribution >= 4 is 0 Å². The van der Waals surface area contributed by atoms with E-state index < -0.39 is 31.9 Å². The van der Waals surface area contributed by atoms with Gasteiger partial charge in [-0.25, -0.2) is 0 Å². The van der Waals surface area contributed by atoms with Crippen LogP contribution >= 0.6 is 0 Å². The van der Waals surface area contributed by atoms with E-state index in [0.717, 1.165) is 0 Å². The van der Waals surface area contributed by atoms with E-state index in [1.54, 1.807) is 6.07 Å². The first-order valence-corrected chi connectivity index (χ1v) is 2.79. The van der Waals surface area contributed by atoms with Crippen molar-refractivity contribution < 1.29 is 13.2 Å². The van der Waals surface area contributed by atoms with Crippen molar-refractivity contribution in [3.8, 4) is 6.07 Å². The molecule has 0 unspecified atom stereocenters. The minimum absolute atomic E-state index is 0.406. The van der Waals surface area contributed by atoms with E-state index in [2.05, 4.69) is 0 Å². The predicted octanol–water partition coefficient (Wildman–Crippen LogP) is 1.79. The summed E-state index contributed by atoms with van der Waals surface area (Å²) in [6.45, 7) is -3.35. The van der Waals surface area contributed by atoms with Gasteiger partial charge >= 0.3 is 0 Å². The summed E-state index contributed by atoms with van der Waals surface area (Å²) in [5, 5.41) is 8.05. The molecule has 0 aliphatic carbocycles. The lowest BCUT2D eigenvalue weighted by Crippen LogP contribution is -2.27. The van der Waals surface area contributed by atoms with Gasteiger partial charge in [0.05, 0.1) is 11.5 Å². The van der Waals surface area contributed by atoms with Gasteiger partial charge in [-0.3, -0.25) is 13.2 Å². The maximum Gasteiger partial charge on any atom is 0.101 e. The van der Waals surface area contributed by atoms with Crippen molar-refractivity contribution in [2.45, 2.75) is 6.42 Å². The van der Waals surface area contributed by atoms with Gasteiger partial charge in [-0.15, -0.1) is 0 Å². The first-order chi connectivity index (χ1) is 4.74. The van der Waals surface area contributed by atoms with Crippen molar-refractivity contribution in [3.05, 3.63) is 0 Å². The van der Waals surface area contributed by atoms with Gasteiger partial charge in [-0.05, 0) is 0 Å². The third kappa shape index (κ3) is 1.90. The van der Waals surface area contributed by atoms with E-state index in [4.69, 9.17) is 5.26 Å². The summed E-state index contributed by atoms with van der Waals surface area (Å²) in [6, 6.07) is 1.54. The molecule has 4 heteroatoms. The van der Waals surface area contributed by atoms with Crippen LogP contribution in [-0.2, 0) is 0 Å². The molecule has 0 radical (unpaired) electrons. The van der Waals surface area contributed by atoms with Crippen LogP contribution in [0.2, 0.25) is 0 Å². The minimum Gasteiger partial charge on any atom is -0.250 e. The molecule has 10 heavy (non-hydrogen) atoms. The molecule has 0 heterocycles. The van der Waals surface area contributed by atoms with Gasteiger partial charge in [0, 0.05) is 6.42 Å². The molecule has 0 amide bonds. The second-order valence-corrected chi connectivity index (χ2v) is 2.24. The highest BCUT2D eigenvalue weighted by molar-refractivity contribution is 4.87. The fourth-order valence-corrected chi connectivity index (χ4v) is 0.417. The normalized spacial score (nSPS) is 11.0. The van der Waals surface area contributed by atoms with Crippen LogP contribution in [0.15, 0.2) is 0 Å². The fourth-order valence-electron chi connectivity index (χ4n) is 0.417. The first kappa shape index (κ1) is 9.28. The lowest BCUT2D eigenvalue weighted by atomic mass is 9.90. The zero-order valence-corrected chi connectivity index (χ0v) is 5.41. The van der Waals surface area contributed by atoms with Crippen LogP contribution in [0.1, 0.15) is 6.42 Å². The molecule has 58 valence electrons. The number of rotatable bonds is 4. The van der Waals surface area contributed by atoms with E-state index in [1.165, 1.54) is 0 Å². The summed E-state index contributed by atoms with van der Waals surface area (Å²) in [6.07, 6.45) is -0.406. The molecular formula is C6H8F3N. The van der Waals surface area contributed by atoms with Crippen LogP contribution in [0.5, 0.6) is 0 Å². The highest BCUT2D eigenvalue weighted by Gasteiger charge is 2.30. The molecule has 0 saturated heterocycles. The van der Waals surface area contributed by atoms with E-state index in [1.807, 2.05) is 0 Å². The number of nitrogens with zero attached hydrogens (tertiary/aromatic N) is 1. The van der Waals surface area contributed by atoms with Gasteiger partial charge in [-0.1, -0.05) is 0 Å². The average molecular weight is 151 g/mol. The predicted molar refractivity (Wildman–Crippen MR) is 30.6 cm³/mol. The van der Waals surface area contributed by atoms with Crippen LogP contribution in [0.4, 0.5) is 13.2 Å². The van der Waals surface area contributed by atoms with E-state index in [9.17, 15) is 13.2 Å². The van der Waals surface area contributed by atoms with Gasteiger partial charge in [0.25, 0.3) is 0 Å². The Morgan fingerprint density at radius 3 is 1.60 bits per heavy atom. The van der Waals surface area contributed by atoms with Gasteiger partial charge in [-0.2, -0.15) is 5.26 Å². The quantitative estimate of drug-likeness (QED) is 0.601. The van der Waals surface area contributed by atoms with Crippen molar-refractivity contribution in [1.29, 1.82) is 5.26 Å². The average Bonchev–Trinajstić information content (AvgIpc) is 2.01. The monoisotopic (exact) mass is 151 g/mol. The zero-order valence-electron chi connectivity index (χ0n) is 5.41. The standard InChI is InChI=1S/C6H8F3N/c7-3-6(4-8,5-9)1-2-10/h1,3-5H2. The van der Waals surface area contributed by atoms with E-state index in [-0.39, 0.29) is 0 Å². The number of nitriles is 1. The summed E-state index contributed by atoms with van der Waals surface area (Å²) in [4.78, 5) is 0. The van der Waals surface area contributed by atoms with Crippen molar-refractivity contribution in [3.63, 3.8) is 0 Å². The Labute approximate surface area is 57.5 Å². The summed E-state index contributed by atoms with van der Waals surface area (Å²) in [7, 11) is 0. The molecule has 0 saturated carbocycles. The summed E-state index contributed by atoms with van der Waals surface area (Å²) < 4.78 is 35.6. The van der Waals surface area contributed by atoms with Crippen molar-refractivity contribution in [2.75, 3.05) is 20.0 Å². The highest BCUT2D eigenvalue weighted by Crippen LogP contribution is 2.23. The van der Waals surface area contributed by atoms with Gasteiger partial charge in [0.15, 0.2) is 0 Å². The van der Waals surface area contributed by atoms with Crippen molar-refractivity contribution in [1.82, 2.24) is 0 Å². The Hall–Kier alpha value is -0.720. The van der Waals surface area contributed by atoms with E-state index in [0.29, 0.717) is 0 Å². The summed E-state index contributed by atoms with van der Waals surface area (Å²) in [5.74, 6) is 0. The Morgan fingerprint density at radius 2 is 1.50 bits per heavy atom. The largest absolute Gasteiger partial charge is 0.250 e. The Kier molecular flexibility index (Phi) is 3.85. The van der Waals surface area contributed by atoms with Gasteiger partial charge in [0.1, 0.15) is 20.0 Å². The first-order valence-electron chi connectivity index (χ1n) is 2.79. The molecule has 0 aromatic rings. The fraction of sp³-hybridized carbons (Fsp3) is 0.833. The van der Waals surface area contributed by atoms with Crippen LogP contribution in [-0.4, -0.2) is 20.0 Å². The molecule has 0 rings (SSSR count). The van der Waals surface area contributed by atoms with Crippen LogP contribution in [0.3, 0.4) is 0 Å². The molecule has 0 aliphatic heterocycles. The SMILES string of the molecule is N#CCC(CF)(CF)CF. The molecule has 0 atom stereocenters. The van der Waals surface area contributed by atoms with Crippen LogP contribution < -0.4 is 0 Å². The smallest absolute Gasteiger partial charge is 0.101 e. The lowest BCUT2D eigenvalue weighted by Gasteiger charge is -2.19. The third-order valence-electron chi connectivity index (χ3n) is 1.30. The molecule has 0 spiro atoms. The molecule has 1 nitrogen and oxygen atoms in total. The van der Waals surface area contributed by atoms with Crippen LogP contribution in [0, 0.1) is 16.7 Å². The Balaban J connectivity index is 4.04. The molecular weight excluding hydrogens is 143 g/mol. The van der Waals surface area contributed by atoms with Gasteiger partial charge in [0.2, 0.25) is 0 Å². The topological polar surface area (TPSA) is 23.8 Å². The molecule has 0 aliphatic rings. The molecule has 0 bridgehead atoms. The number of hydrogen-bond acceptors (Lipinski definition) is 1. The zero-order chi connectivity index (χ0) is 8.04. The van der Waals surface area contributed by atoms with Crippen molar-refractivity contribution in [2.24, 2.45) is 5.41 Å². The second kappa shape index (κ2) is 4.15. The minimum atomic E-state index is -1.69. The highest BCUT2D eigenvalue weighted by atomic mass is 19.1. The van der Waals surface area contributed by atoms with Crippen LogP contribution in [0.25, 0.3) is 0 Å². The summed E-state index contributed by atoms with van der Waals surface area (Å²) in [5.41, 5.74) is -1.69. The molecule has 0 fully saturated rings. The summed E-state index contributed by atoms with van der Waals surface area (Å²) >= 11 is 0. The molecule has 0 aromatic heterocycles. The second-order valence-electron chi connectivity index (χ2n) is 2.24. The lowest BCUT2D eigenvalue weighted by molar-refractivity contribution is 0.117. The molecule has 0 aromatic carbocycles.